The van der Waals surface area contributed by atoms with Crippen LogP contribution in [0.25, 0.3) is 6.08 Å². The first kappa shape index (κ1) is 23.8. The molecule has 1 aliphatic heterocycles. The molecule has 0 radical (unpaired) electrons. The maximum atomic E-state index is 12.8. The molecule has 1 aliphatic rings. The highest BCUT2D eigenvalue weighted by molar-refractivity contribution is 6.31. The van der Waals surface area contributed by atoms with Crippen LogP contribution in [0.4, 0.5) is 5.69 Å². The molecule has 0 unspecified atom stereocenters. The van der Waals surface area contributed by atoms with Crippen molar-refractivity contribution in [2.24, 2.45) is 5.92 Å². The lowest BCUT2D eigenvalue weighted by atomic mass is 9.95. The second kappa shape index (κ2) is 10.7. The number of halogens is 1. The van der Waals surface area contributed by atoms with E-state index in [0.29, 0.717) is 37.6 Å². The summed E-state index contributed by atoms with van der Waals surface area (Å²) in [5.74, 6) is -0.161. The van der Waals surface area contributed by atoms with Gasteiger partial charge in [0, 0.05) is 36.3 Å². The van der Waals surface area contributed by atoms with Gasteiger partial charge in [0.25, 0.3) is 0 Å². The number of aromatic nitrogens is 2. The molecule has 3 aromatic rings. The van der Waals surface area contributed by atoms with Gasteiger partial charge in [-0.1, -0.05) is 59.6 Å². The van der Waals surface area contributed by atoms with E-state index in [1.807, 2.05) is 37.3 Å². The van der Waals surface area contributed by atoms with E-state index < -0.39 is 0 Å². The van der Waals surface area contributed by atoms with Crippen LogP contribution in [0, 0.1) is 19.8 Å². The Hall–Kier alpha value is -3.38. The SMILES string of the molecule is Cc1ccc(Cn2nc(C)c(/C=C\C(=O)N3CCC(C(=O)Nc4ccccc4)CC3)c2Cl)cc1. The molecule has 4 rings (SSSR count). The number of nitrogens with zero attached hydrogens (tertiary/aromatic N) is 3. The number of hydrogen-bond donors (Lipinski definition) is 1. The normalized spacial score (nSPS) is 14.5. The maximum absolute atomic E-state index is 12.8. The van der Waals surface area contributed by atoms with E-state index in [0.717, 1.165) is 22.5 Å². The summed E-state index contributed by atoms with van der Waals surface area (Å²) in [6.07, 6.45) is 4.59. The zero-order valence-electron chi connectivity index (χ0n) is 19.5. The van der Waals surface area contributed by atoms with Crippen LogP contribution in [0.1, 0.15) is 35.2 Å². The van der Waals surface area contributed by atoms with Crippen molar-refractivity contribution in [2.45, 2.75) is 33.2 Å². The number of para-hydroxylation sites is 1. The number of benzene rings is 2. The summed E-state index contributed by atoms with van der Waals surface area (Å²) in [4.78, 5) is 27.1. The van der Waals surface area contributed by atoms with Gasteiger partial charge in [-0.15, -0.1) is 0 Å². The number of carbonyl (C=O) groups is 2. The minimum atomic E-state index is -0.0927. The van der Waals surface area contributed by atoms with Gasteiger partial charge in [0.15, 0.2) is 0 Å². The average molecular weight is 477 g/mol. The van der Waals surface area contributed by atoms with Gasteiger partial charge < -0.3 is 10.2 Å². The topological polar surface area (TPSA) is 67.2 Å². The highest BCUT2D eigenvalue weighted by atomic mass is 35.5. The van der Waals surface area contributed by atoms with Crippen molar-refractivity contribution in [3.63, 3.8) is 0 Å². The Labute approximate surface area is 205 Å². The smallest absolute Gasteiger partial charge is 0.246 e. The number of nitrogens with one attached hydrogen (secondary N) is 1. The Morgan fingerprint density at radius 3 is 2.41 bits per heavy atom. The van der Waals surface area contributed by atoms with Gasteiger partial charge in [0.2, 0.25) is 11.8 Å². The highest BCUT2D eigenvalue weighted by Crippen LogP contribution is 2.24. The molecule has 6 nitrogen and oxygen atoms in total. The van der Waals surface area contributed by atoms with Crippen molar-refractivity contribution in [2.75, 3.05) is 18.4 Å². The van der Waals surface area contributed by atoms with E-state index in [2.05, 4.69) is 41.6 Å². The van der Waals surface area contributed by atoms with Crippen LogP contribution in [-0.2, 0) is 16.1 Å². The molecule has 0 bridgehead atoms. The molecular formula is C27H29ClN4O2. The fourth-order valence-electron chi connectivity index (χ4n) is 4.12. The summed E-state index contributed by atoms with van der Waals surface area (Å²) in [5, 5.41) is 8.02. The Bertz CT molecular complexity index is 1180. The van der Waals surface area contributed by atoms with Gasteiger partial charge in [-0.25, -0.2) is 4.68 Å². The fraction of sp³-hybridized carbons (Fsp3) is 0.296. The number of carbonyl (C=O) groups excluding carboxylic acids is 2. The number of rotatable bonds is 6. The molecule has 0 atom stereocenters. The maximum Gasteiger partial charge on any atom is 0.246 e. The first-order chi connectivity index (χ1) is 16.4. The van der Waals surface area contributed by atoms with Gasteiger partial charge in [-0.3, -0.25) is 9.59 Å². The van der Waals surface area contributed by atoms with E-state index in [1.54, 1.807) is 21.7 Å². The average Bonchev–Trinajstić information content (AvgIpc) is 3.11. The summed E-state index contributed by atoms with van der Waals surface area (Å²) >= 11 is 6.58. The minimum Gasteiger partial charge on any atom is -0.339 e. The van der Waals surface area contributed by atoms with Crippen LogP contribution in [-0.4, -0.2) is 39.6 Å². The van der Waals surface area contributed by atoms with Crippen molar-refractivity contribution >= 4 is 35.2 Å². The first-order valence-electron chi connectivity index (χ1n) is 11.5. The molecule has 0 aliphatic carbocycles. The lowest BCUT2D eigenvalue weighted by Gasteiger charge is -2.30. The van der Waals surface area contributed by atoms with E-state index >= 15 is 0 Å². The van der Waals surface area contributed by atoms with E-state index in [4.69, 9.17) is 11.6 Å². The van der Waals surface area contributed by atoms with Gasteiger partial charge in [0.1, 0.15) is 5.15 Å². The third-order valence-corrected chi connectivity index (χ3v) is 6.57. The molecule has 2 amide bonds. The molecule has 7 heteroatoms. The summed E-state index contributed by atoms with van der Waals surface area (Å²) in [7, 11) is 0. The molecule has 0 saturated carbocycles. The third kappa shape index (κ3) is 5.75. The number of anilines is 1. The lowest BCUT2D eigenvalue weighted by molar-refractivity contribution is -0.130. The summed E-state index contributed by atoms with van der Waals surface area (Å²) in [6, 6.07) is 17.7. The Kier molecular flexibility index (Phi) is 7.48. The number of likely N-dealkylation sites (tertiary alicyclic amines) is 1. The molecule has 1 N–H and O–H groups in total. The van der Waals surface area contributed by atoms with E-state index in [1.165, 1.54) is 5.56 Å². The molecule has 0 spiro atoms. The molecule has 1 aromatic heterocycles. The Morgan fingerprint density at radius 1 is 1.06 bits per heavy atom. The van der Waals surface area contributed by atoms with Crippen molar-refractivity contribution in [3.05, 3.63) is 88.2 Å². The van der Waals surface area contributed by atoms with Crippen LogP contribution in [0.5, 0.6) is 0 Å². The predicted octanol–water partition coefficient (Wildman–Crippen LogP) is 5.09. The molecule has 1 fully saturated rings. The van der Waals surface area contributed by atoms with Crippen LogP contribution in [0.2, 0.25) is 5.15 Å². The minimum absolute atomic E-state index is 0.0113. The quantitative estimate of drug-likeness (QED) is 0.504. The zero-order valence-corrected chi connectivity index (χ0v) is 20.3. The second-order valence-electron chi connectivity index (χ2n) is 8.72. The number of piperidine rings is 1. The van der Waals surface area contributed by atoms with Crippen molar-refractivity contribution in [1.29, 1.82) is 0 Å². The van der Waals surface area contributed by atoms with Crippen LogP contribution in [0.15, 0.2) is 60.7 Å². The standard InChI is InChI=1S/C27H29ClN4O2/c1-19-8-10-21(11-9-19)18-32-26(28)24(20(2)30-32)12-13-25(33)31-16-14-22(15-17-31)27(34)29-23-6-4-3-5-7-23/h3-13,22H,14-18H2,1-2H3,(H,29,34)/b13-12-. The summed E-state index contributed by atoms with van der Waals surface area (Å²) in [6.45, 7) is 5.61. The molecule has 1 saturated heterocycles. The van der Waals surface area contributed by atoms with Gasteiger partial charge in [-0.2, -0.15) is 5.10 Å². The van der Waals surface area contributed by atoms with Crippen LogP contribution in [0.3, 0.4) is 0 Å². The number of hydrogen-bond acceptors (Lipinski definition) is 3. The molecular weight excluding hydrogens is 448 g/mol. The fourth-order valence-corrected chi connectivity index (χ4v) is 4.41. The first-order valence-corrected chi connectivity index (χ1v) is 11.9. The van der Waals surface area contributed by atoms with E-state index in [-0.39, 0.29) is 17.7 Å². The second-order valence-corrected chi connectivity index (χ2v) is 9.08. The third-order valence-electron chi connectivity index (χ3n) is 6.17. The molecule has 176 valence electrons. The molecule has 2 heterocycles. The highest BCUT2D eigenvalue weighted by Gasteiger charge is 2.26. The number of aryl methyl sites for hydroxylation is 2. The summed E-state index contributed by atoms with van der Waals surface area (Å²) < 4.78 is 1.75. The number of amides is 2. The van der Waals surface area contributed by atoms with Crippen molar-refractivity contribution < 1.29 is 9.59 Å². The Balaban J connectivity index is 1.33. The lowest BCUT2D eigenvalue weighted by Crippen LogP contribution is -2.40. The van der Waals surface area contributed by atoms with Crippen molar-refractivity contribution in [1.82, 2.24) is 14.7 Å². The summed E-state index contributed by atoms with van der Waals surface area (Å²) in [5.41, 5.74) is 4.64. The molecule has 2 aromatic carbocycles. The zero-order chi connectivity index (χ0) is 24.1. The van der Waals surface area contributed by atoms with Gasteiger partial charge >= 0.3 is 0 Å². The van der Waals surface area contributed by atoms with Crippen molar-refractivity contribution in [3.8, 4) is 0 Å². The monoisotopic (exact) mass is 476 g/mol. The van der Waals surface area contributed by atoms with Gasteiger partial charge in [-0.05, 0) is 50.5 Å². The van der Waals surface area contributed by atoms with Crippen LogP contribution < -0.4 is 5.32 Å². The Morgan fingerprint density at radius 2 is 1.74 bits per heavy atom. The largest absolute Gasteiger partial charge is 0.339 e. The predicted molar refractivity (Wildman–Crippen MR) is 136 cm³/mol. The molecule has 34 heavy (non-hydrogen) atoms. The van der Waals surface area contributed by atoms with E-state index in [9.17, 15) is 9.59 Å². The van der Waals surface area contributed by atoms with Gasteiger partial charge in [0.05, 0.1) is 12.2 Å². The van der Waals surface area contributed by atoms with Crippen LogP contribution >= 0.6 is 11.6 Å².